The quantitative estimate of drug-likeness (QED) is 0.316. The lowest BCUT2D eigenvalue weighted by molar-refractivity contribution is -0.111. The normalized spacial score (nSPS) is 17.9. The minimum atomic E-state index is -0.284. The number of carbonyl (C=O) groups excluding carboxylic acids is 1. The first-order valence-electron chi connectivity index (χ1n) is 10.7. The van der Waals surface area contributed by atoms with Gasteiger partial charge in [-0.3, -0.25) is 4.79 Å². The number of nitrogens with zero attached hydrogens (tertiary/aromatic N) is 2. The van der Waals surface area contributed by atoms with Gasteiger partial charge < -0.3 is 9.64 Å². The van der Waals surface area contributed by atoms with Gasteiger partial charge in [0, 0.05) is 15.5 Å². The Labute approximate surface area is 211 Å². The molecule has 0 amide bonds. The minimum absolute atomic E-state index is 0.0486. The van der Waals surface area contributed by atoms with Crippen molar-refractivity contribution in [3.8, 4) is 5.75 Å². The van der Waals surface area contributed by atoms with Crippen LogP contribution in [0.2, 0.25) is 0 Å². The van der Waals surface area contributed by atoms with E-state index in [-0.39, 0.29) is 11.8 Å². The van der Waals surface area contributed by atoms with Gasteiger partial charge in [-0.2, -0.15) is 0 Å². The number of thiophene rings is 2. The second-order valence-electron chi connectivity index (χ2n) is 7.68. The van der Waals surface area contributed by atoms with E-state index in [1.54, 1.807) is 47.6 Å². The molecule has 0 aliphatic carbocycles. The molecular formula is C27H22N2O2S3. The van der Waals surface area contributed by atoms with Gasteiger partial charge in [0.05, 0.1) is 24.4 Å². The van der Waals surface area contributed by atoms with Gasteiger partial charge in [-0.05, 0) is 77.2 Å². The number of thioether (sulfide) groups is 1. The highest BCUT2D eigenvalue weighted by atomic mass is 32.2. The van der Waals surface area contributed by atoms with Crippen molar-refractivity contribution in [3.63, 3.8) is 0 Å². The van der Waals surface area contributed by atoms with Crippen LogP contribution in [-0.2, 0) is 4.79 Å². The van der Waals surface area contributed by atoms with E-state index < -0.39 is 0 Å². The van der Waals surface area contributed by atoms with Crippen molar-refractivity contribution in [2.75, 3.05) is 7.11 Å². The van der Waals surface area contributed by atoms with Crippen LogP contribution in [0.4, 0.5) is 0 Å². The Morgan fingerprint density at radius 2 is 1.71 bits per heavy atom. The molecule has 7 heteroatoms. The summed E-state index contributed by atoms with van der Waals surface area (Å²) in [5, 5.41) is 7.01. The molecule has 4 nitrogen and oxygen atoms in total. The summed E-state index contributed by atoms with van der Waals surface area (Å²) in [7, 11) is 1.65. The van der Waals surface area contributed by atoms with Crippen molar-refractivity contribution in [2.45, 2.75) is 13.0 Å². The number of allylic oxidation sites excluding steroid dienone is 3. The fourth-order valence-corrected chi connectivity index (χ4v) is 6.04. The molecule has 0 fully saturated rings. The van der Waals surface area contributed by atoms with Crippen LogP contribution in [0.15, 0.2) is 98.8 Å². The van der Waals surface area contributed by atoms with E-state index in [1.165, 1.54) is 0 Å². The summed E-state index contributed by atoms with van der Waals surface area (Å²) in [6.45, 7) is 2.06. The zero-order valence-electron chi connectivity index (χ0n) is 18.7. The molecule has 170 valence electrons. The summed E-state index contributed by atoms with van der Waals surface area (Å²) in [6.07, 6.45) is 7.54. The van der Waals surface area contributed by atoms with E-state index >= 15 is 0 Å². The minimum Gasteiger partial charge on any atom is -0.497 e. The lowest BCUT2D eigenvalue weighted by Crippen LogP contribution is -2.35. The summed E-state index contributed by atoms with van der Waals surface area (Å²) < 4.78 is 5.37. The van der Waals surface area contributed by atoms with Crippen LogP contribution in [-0.4, -0.2) is 23.0 Å². The van der Waals surface area contributed by atoms with Gasteiger partial charge >= 0.3 is 0 Å². The van der Waals surface area contributed by atoms with Crippen LogP contribution in [0.25, 0.3) is 12.2 Å². The van der Waals surface area contributed by atoms with Gasteiger partial charge in [-0.15, -0.1) is 22.7 Å². The number of ketones is 1. The van der Waals surface area contributed by atoms with Crippen LogP contribution in [0, 0.1) is 0 Å². The molecule has 0 saturated carbocycles. The summed E-state index contributed by atoms with van der Waals surface area (Å²) in [6, 6.07) is 15.7. The Morgan fingerprint density at radius 1 is 1.00 bits per heavy atom. The van der Waals surface area contributed by atoms with Gasteiger partial charge in [-0.1, -0.05) is 36.0 Å². The van der Waals surface area contributed by atoms with Crippen molar-refractivity contribution in [2.24, 2.45) is 4.99 Å². The second-order valence-corrected chi connectivity index (χ2v) is 10.5. The van der Waals surface area contributed by atoms with Crippen LogP contribution in [0.5, 0.6) is 5.75 Å². The molecule has 3 aromatic rings. The summed E-state index contributed by atoms with van der Waals surface area (Å²) in [5.74, 6) is 0.733. The highest BCUT2D eigenvalue weighted by Gasteiger charge is 2.38. The Kier molecular flexibility index (Phi) is 6.67. The smallest absolute Gasteiger partial charge is 0.186 e. The summed E-state index contributed by atoms with van der Waals surface area (Å²) >= 11 is 4.85. The molecule has 0 saturated heterocycles. The van der Waals surface area contributed by atoms with Gasteiger partial charge in [-0.25, -0.2) is 4.99 Å². The molecule has 4 heterocycles. The lowest BCUT2D eigenvalue weighted by Gasteiger charge is -2.35. The number of hydrogen-bond donors (Lipinski definition) is 0. The number of carbonyl (C=O) groups is 1. The average Bonchev–Trinajstić information content (AvgIpc) is 3.64. The topological polar surface area (TPSA) is 41.9 Å². The van der Waals surface area contributed by atoms with E-state index in [2.05, 4.69) is 23.3 Å². The van der Waals surface area contributed by atoms with Crippen molar-refractivity contribution < 1.29 is 9.53 Å². The molecule has 34 heavy (non-hydrogen) atoms. The molecule has 2 aliphatic heterocycles. The summed E-state index contributed by atoms with van der Waals surface area (Å²) in [4.78, 5) is 23.0. The lowest BCUT2D eigenvalue weighted by atomic mass is 9.90. The van der Waals surface area contributed by atoms with Gasteiger partial charge in [0.15, 0.2) is 11.0 Å². The average molecular weight is 503 g/mol. The zero-order valence-corrected chi connectivity index (χ0v) is 21.1. The highest BCUT2D eigenvalue weighted by molar-refractivity contribution is 8.16. The van der Waals surface area contributed by atoms with Crippen molar-refractivity contribution in [1.82, 2.24) is 4.90 Å². The standard InChI is InChI=1S/C27H22N2O2S3/c1-18-17-34-27-28-23(13-11-21-5-3-15-32-21)25(24(30)14-12-22-6-4-16-33-22)26(29(18)27)19-7-9-20(31-2)10-8-19/h3-17,26H,1-2H3/b13-11+,14-12+. The SMILES string of the molecule is COc1ccc(C2C(C(=O)/C=C/c3cccs3)=C(/C=C/c3cccs3)N=C3SC=C(C)N32)cc1. The maximum absolute atomic E-state index is 13.7. The van der Waals surface area contributed by atoms with Crippen LogP contribution < -0.4 is 4.74 Å². The van der Waals surface area contributed by atoms with Crippen LogP contribution in [0.1, 0.15) is 28.3 Å². The van der Waals surface area contributed by atoms with E-state index in [4.69, 9.17) is 9.73 Å². The molecule has 2 aromatic heterocycles. The molecule has 1 aromatic carbocycles. The monoisotopic (exact) mass is 502 g/mol. The van der Waals surface area contributed by atoms with E-state index in [0.717, 1.165) is 31.9 Å². The third-order valence-electron chi connectivity index (χ3n) is 5.53. The Bertz CT molecular complexity index is 1330. The molecule has 5 rings (SSSR count). The molecule has 1 atom stereocenters. The van der Waals surface area contributed by atoms with Crippen LogP contribution >= 0.6 is 34.4 Å². The first kappa shape index (κ1) is 22.7. The molecule has 0 radical (unpaired) electrons. The molecule has 0 N–H and O–H groups in total. The highest BCUT2D eigenvalue weighted by Crippen LogP contribution is 2.44. The van der Waals surface area contributed by atoms with Crippen LogP contribution in [0.3, 0.4) is 0 Å². The fourth-order valence-electron chi connectivity index (χ4n) is 3.90. The Hall–Kier alpha value is -3.13. The van der Waals surface area contributed by atoms with Crippen molar-refractivity contribution in [1.29, 1.82) is 0 Å². The van der Waals surface area contributed by atoms with Gasteiger partial charge in [0.2, 0.25) is 0 Å². The molecular weight excluding hydrogens is 481 g/mol. The Morgan fingerprint density at radius 3 is 2.35 bits per heavy atom. The number of ether oxygens (including phenoxy) is 1. The molecule has 0 bridgehead atoms. The number of fused-ring (bicyclic) bond motifs is 1. The van der Waals surface area contributed by atoms with Crippen molar-refractivity contribution in [3.05, 3.63) is 109 Å². The summed E-state index contributed by atoms with van der Waals surface area (Å²) in [5.41, 5.74) is 3.43. The first-order chi connectivity index (χ1) is 16.6. The number of hydrogen-bond acceptors (Lipinski definition) is 7. The predicted molar refractivity (Wildman–Crippen MR) is 145 cm³/mol. The third-order valence-corrected chi connectivity index (χ3v) is 8.17. The predicted octanol–water partition coefficient (Wildman–Crippen LogP) is 7.39. The maximum Gasteiger partial charge on any atom is 0.186 e. The first-order valence-corrected chi connectivity index (χ1v) is 13.3. The molecule has 1 unspecified atom stereocenters. The number of rotatable bonds is 7. The maximum atomic E-state index is 13.7. The molecule has 2 aliphatic rings. The zero-order chi connectivity index (χ0) is 23.5. The number of aliphatic imine (C=N–C) groups is 1. The van der Waals surface area contributed by atoms with Gasteiger partial charge in [0.25, 0.3) is 0 Å². The van der Waals surface area contributed by atoms with E-state index in [9.17, 15) is 4.79 Å². The van der Waals surface area contributed by atoms with E-state index in [1.807, 2.05) is 71.5 Å². The van der Waals surface area contributed by atoms with E-state index in [0.29, 0.717) is 11.3 Å². The second kappa shape index (κ2) is 10.0. The number of methoxy groups -OCH3 is 1. The third kappa shape index (κ3) is 4.59. The molecule has 0 spiro atoms. The number of amidine groups is 1. The largest absolute Gasteiger partial charge is 0.497 e. The van der Waals surface area contributed by atoms with Crippen molar-refractivity contribution >= 4 is 57.5 Å². The Balaban J connectivity index is 1.64. The number of benzene rings is 1. The van der Waals surface area contributed by atoms with Gasteiger partial charge in [0.1, 0.15) is 5.75 Å². The fraction of sp³-hybridized carbons (Fsp3) is 0.111.